The summed E-state index contributed by atoms with van der Waals surface area (Å²) >= 11 is 6.16. The topological polar surface area (TPSA) is 19.4 Å². The summed E-state index contributed by atoms with van der Waals surface area (Å²) in [6, 6.07) is 2.11. The van der Waals surface area contributed by atoms with Crippen LogP contribution in [0.3, 0.4) is 0 Å². The average molecular weight is 298 g/mol. The fourth-order valence-electron chi connectivity index (χ4n) is 2.32. The molecular formula is C16H28ClN3. The van der Waals surface area contributed by atoms with Gasteiger partial charge in [-0.15, -0.1) is 11.6 Å². The Bertz CT molecular complexity index is 430. The van der Waals surface area contributed by atoms with Crippen LogP contribution in [0.2, 0.25) is 0 Å². The number of anilines is 1. The molecular weight excluding hydrogens is 270 g/mol. The number of halogens is 1. The number of likely N-dealkylation sites (N-methyl/N-ethyl adjacent to an activating group) is 1. The van der Waals surface area contributed by atoms with Gasteiger partial charge in [0, 0.05) is 30.9 Å². The van der Waals surface area contributed by atoms with Crippen LogP contribution in [0.25, 0.3) is 0 Å². The first-order chi connectivity index (χ1) is 9.35. The maximum Gasteiger partial charge on any atom is 0.133 e. The maximum absolute atomic E-state index is 6.16. The lowest BCUT2D eigenvalue weighted by molar-refractivity contribution is 0.408. The van der Waals surface area contributed by atoms with Crippen molar-refractivity contribution in [3.63, 3.8) is 0 Å². The van der Waals surface area contributed by atoms with E-state index in [9.17, 15) is 0 Å². The monoisotopic (exact) mass is 297 g/mol. The number of aromatic nitrogens is 1. The van der Waals surface area contributed by atoms with Crippen molar-refractivity contribution in [2.45, 2.75) is 33.6 Å². The Hall–Kier alpha value is -0.800. The molecule has 0 unspecified atom stereocenters. The summed E-state index contributed by atoms with van der Waals surface area (Å²) < 4.78 is 0. The van der Waals surface area contributed by atoms with Gasteiger partial charge in [0.15, 0.2) is 0 Å². The zero-order chi connectivity index (χ0) is 15.3. The standard InChI is InChI=1S/C16H28ClN3/c1-12(2)11-20(8-7-19(5)6)16-15(10-17)13(3)9-14(4)18-16/h9,12H,7-8,10-11H2,1-6H3. The van der Waals surface area contributed by atoms with Gasteiger partial charge in [0.25, 0.3) is 0 Å². The molecule has 1 aromatic heterocycles. The SMILES string of the molecule is Cc1cc(C)c(CCl)c(N(CCN(C)C)CC(C)C)n1. The molecule has 0 amide bonds. The molecule has 0 spiro atoms. The van der Waals surface area contributed by atoms with E-state index in [0.29, 0.717) is 11.8 Å². The van der Waals surface area contributed by atoms with Gasteiger partial charge in [-0.25, -0.2) is 4.98 Å². The van der Waals surface area contributed by atoms with Crippen LogP contribution in [0.5, 0.6) is 0 Å². The number of hydrogen-bond donors (Lipinski definition) is 0. The smallest absolute Gasteiger partial charge is 0.133 e. The van der Waals surface area contributed by atoms with Gasteiger partial charge in [-0.3, -0.25) is 0 Å². The second-order valence-electron chi connectivity index (χ2n) is 6.16. The molecule has 0 aromatic carbocycles. The van der Waals surface area contributed by atoms with E-state index >= 15 is 0 Å². The van der Waals surface area contributed by atoms with Gasteiger partial charge in [-0.1, -0.05) is 13.8 Å². The average Bonchev–Trinajstić information content (AvgIpc) is 2.33. The summed E-state index contributed by atoms with van der Waals surface area (Å²) in [7, 11) is 4.20. The molecule has 0 aliphatic heterocycles. The molecule has 4 heteroatoms. The molecule has 114 valence electrons. The number of rotatable bonds is 7. The largest absolute Gasteiger partial charge is 0.355 e. The van der Waals surface area contributed by atoms with Gasteiger partial charge < -0.3 is 9.80 Å². The highest BCUT2D eigenvalue weighted by molar-refractivity contribution is 6.17. The third kappa shape index (κ3) is 4.95. The minimum absolute atomic E-state index is 0.519. The van der Waals surface area contributed by atoms with Crippen molar-refractivity contribution >= 4 is 17.4 Å². The summed E-state index contributed by atoms with van der Waals surface area (Å²) in [4.78, 5) is 9.34. The molecule has 1 heterocycles. The lowest BCUT2D eigenvalue weighted by atomic mass is 10.1. The highest BCUT2D eigenvalue weighted by Crippen LogP contribution is 2.25. The van der Waals surface area contributed by atoms with Crippen molar-refractivity contribution in [3.8, 4) is 0 Å². The molecule has 20 heavy (non-hydrogen) atoms. The van der Waals surface area contributed by atoms with Gasteiger partial charge in [0.05, 0.1) is 5.88 Å². The van der Waals surface area contributed by atoms with Crippen LogP contribution in [0.4, 0.5) is 5.82 Å². The van der Waals surface area contributed by atoms with Gasteiger partial charge in [-0.2, -0.15) is 0 Å². The van der Waals surface area contributed by atoms with Crippen molar-refractivity contribution in [2.75, 3.05) is 38.6 Å². The third-order valence-electron chi connectivity index (χ3n) is 3.29. The van der Waals surface area contributed by atoms with Crippen LogP contribution in [0.1, 0.15) is 30.7 Å². The van der Waals surface area contributed by atoms with Crippen molar-refractivity contribution < 1.29 is 0 Å². The van der Waals surface area contributed by atoms with E-state index in [4.69, 9.17) is 16.6 Å². The third-order valence-corrected chi connectivity index (χ3v) is 3.56. The van der Waals surface area contributed by atoms with Crippen LogP contribution in [-0.2, 0) is 5.88 Å². The van der Waals surface area contributed by atoms with Crippen molar-refractivity contribution in [2.24, 2.45) is 5.92 Å². The fraction of sp³-hybridized carbons (Fsp3) is 0.688. The minimum atomic E-state index is 0.519. The second kappa shape index (κ2) is 7.84. The van der Waals surface area contributed by atoms with Crippen LogP contribution < -0.4 is 4.90 Å². The van der Waals surface area contributed by atoms with E-state index in [-0.39, 0.29) is 0 Å². The Labute approximate surface area is 128 Å². The Kier molecular flexibility index (Phi) is 6.77. The Morgan fingerprint density at radius 1 is 1.20 bits per heavy atom. The highest BCUT2D eigenvalue weighted by Gasteiger charge is 2.16. The Morgan fingerprint density at radius 2 is 1.85 bits per heavy atom. The number of alkyl halides is 1. The van der Waals surface area contributed by atoms with Gasteiger partial charge in [0.2, 0.25) is 0 Å². The van der Waals surface area contributed by atoms with Gasteiger partial charge >= 0.3 is 0 Å². The maximum atomic E-state index is 6.16. The molecule has 0 atom stereocenters. The summed E-state index contributed by atoms with van der Waals surface area (Å²) in [6.45, 7) is 11.7. The zero-order valence-corrected chi connectivity index (χ0v) is 14.5. The molecule has 0 saturated heterocycles. The summed E-state index contributed by atoms with van der Waals surface area (Å²) in [5.74, 6) is 2.18. The number of hydrogen-bond acceptors (Lipinski definition) is 3. The van der Waals surface area contributed by atoms with Crippen molar-refractivity contribution in [1.29, 1.82) is 0 Å². The van der Waals surface area contributed by atoms with Gasteiger partial charge in [0.1, 0.15) is 5.82 Å². The van der Waals surface area contributed by atoms with E-state index in [1.165, 1.54) is 5.56 Å². The second-order valence-corrected chi connectivity index (χ2v) is 6.43. The first-order valence-corrected chi connectivity index (χ1v) is 7.81. The number of nitrogens with zero attached hydrogens (tertiary/aromatic N) is 3. The first kappa shape index (κ1) is 17.3. The Balaban J connectivity index is 3.11. The van der Waals surface area contributed by atoms with Crippen LogP contribution in [0.15, 0.2) is 6.07 Å². The van der Waals surface area contributed by atoms with E-state index in [1.807, 2.05) is 6.92 Å². The zero-order valence-electron chi connectivity index (χ0n) is 13.7. The quantitative estimate of drug-likeness (QED) is 0.719. The normalized spacial score (nSPS) is 11.4. The van der Waals surface area contributed by atoms with Gasteiger partial charge in [-0.05, 0) is 45.5 Å². The molecule has 1 aromatic rings. The molecule has 0 saturated carbocycles. The lowest BCUT2D eigenvalue weighted by Crippen LogP contribution is -2.35. The lowest BCUT2D eigenvalue weighted by Gasteiger charge is -2.29. The van der Waals surface area contributed by atoms with Crippen molar-refractivity contribution in [3.05, 3.63) is 22.9 Å². The molecule has 0 radical (unpaired) electrons. The van der Waals surface area contributed by atoms with Crippen LogP contribution >= 0.6 is 11.6 Å². The summed E-state index contributed by atoms with van der Waals surface area (Å²) in [6.07, 6.45) is 0. The predicted molar refractivity (Wildman–Crippen MR) is 88.9 cm³/mol. The molecule has 0 aliphatic rings. The molecule has 1 rings (SSSR count). The van der Waals surface area contributed by atoms with E-state index in [0.717, 1.165) is 36.7 Å². The molecule has 0 aliphatic carbocycles. The van der Waals surface area contributed by atoms with Crippen LogP contribution in [-0.4, -0.2) is 43.6 Å². The summed E-state index contributed by atoms with van der Waals surface area (Å²) in [5.41, 5.74) is 3.46. The Morgan fingerprint density at radius 3 is 2.35 bits per heavy atom. The van der Waals surface area contributed by atoms with E-state index in [1.54, 1.807) is 0 Å². The van der Waals surface area contributed by atoms with Crippen molar-refractivity contribution in [1.82, 2.24) is 9.88 Å². The molecule has 0 bridgehead atoms. The van der Waals surface area contributed by atoms with E-state index < -0.39 is 0 Å². The molecule has 0 fully saturated rings. The molecule has 3 nitrogen and oxygen atoms in total. The molecule has 0 N–H and O–H groups in total. The fourth-order valence-corrected chi connectivity index (χ4v) is 2.65. The van der Waals surface area contributed by atoms with Crippen LogP contribution in [0, 0.1) is 19.8 Å². The van der Waals surface area contributed by atoms with E-state index in [2.05, 4.69) is 50.7 Å². The number of pyridine rings is 1. The first-order valence-electron chi connectivity index (χ1n) is 7.28. The summed E-state index contributed by atoms with van der Waals surface area (Å²) in [5, 5.41) is 0. The minimum Gasteiger partial charge on any atom is -0.355 e. The number of aryl methyl sites for hydroxylation is 2. The highest BCUT2D eigenvalue weighted by atomic mass is 35.5. The predicted octanol–water partition coefficient (Wildman–Crippen LogP) is 3.46.